The SMILES string of the molecule is Nc1ccc([C@H]2CCNC(=O)C2)c(Cl)c1. The molecule has 1 saturated heterocycles. The third-order valence-electron chi connectivity index (χ3n) is 2.71. The lowest BCUT2D eigenvalue weighted by atomic mass is 9.90. The van der Waals surface area contributed by atoms with Crippen LogP contribution in [0.2, 0.25) is 5.02 Å². The molecule has 0 spiro atoms. The molecule has 1 amide bonds. The smallest absolute Gasteiger partial charge is 0.220 e. The molecule has 0 saturated carbocycles. The maximum atomic E-state index is 11.2. The second kappa shape index (κ2) is 4.11. The zero-order valence-corrected chi connectivity index (χ0v) is 9.05. The molecular weight excluding hydrogens is 212 g/mol. The molecule has 0 aromatic heterocycles. The Morgan fingerprint density at radius 2 is 2.27 bits per heavy atom. The first-order valence-corrected chi connectivity index (χ1v) is 5.36. The Bertz CT molecular complexity index is 392. The minimum Gasteiger partial charge on any atom is -0.399 e. The molecule has 4 heteroatoms. The van der Waals surface area contributed by atoms with Crippen molar-refractivity contribution in [1.29, 1.82) is 0 Å². The standard InChI is InChI=1S/C11H13ClN2O/c12-10-6-8(13)1-2-9(10)7-3-4-14-11(15)5-7/h1-2,6-7H,3-5,13H2,(H,14,15)/t7-/m0/s1. The number of halogens is 1. The summed E-state index contributed by atoms with van der Waals surface area (Å²) in [5.74, 6) is 0.325. The molecule has 80 valence electrons. The summed E-state index contributed by atoms with van der Waals surface area (Å²) in [5.41, 5.74) is 7.31. The Hall–Kier alpha value is -1.22. The molecule has 0 bridgehead atoms. The maximum Gasteiger partial charge on any atom is 0.220 e. The predicted octanol–water partition coefficient (Wildman–Crippen LogP) is 1.92. The fraction of sp³-hybridized carbons (Fsp3) is 0.364. The number of anilines is 1. The fourth-order valence-electron chi connectivity index (χ4n) is 1.92. The molecule has 1 aromatic carbocycles. The van der Waals surface area contributed by atoms with Gasteiger partial charge in [0.05, 0.1) is 0 Å². The molecule has 1 fully saturated rings. The highest BCUT2D eigenvalue weighted by atomic mass is 35.5. The van der Waals surface area contributed by atoms with E-state index in [4.69, 9.17) is 17.3 Å². The van der Waals surface area contributed by atoms with Crippen LogP contribution in [-0.2, 0) is 4.79 Å². The Morgan fingerprint density at radius 1 is 1.47 bits per heavy atom. The average Bonchev–Trinajstić information content (AvgIpc) is 2.17. The van der Waals surface area contributed by atoms with Crippen LogP contribution in [-0.4, -0.2) is 12.5 Å². The van der Waals surface area contributed by atoms with E-state index in [2.05, 4.69) is 5.32 Å². The van der Waals surface area contributed by atoms with Crippen molar-refractivity contribution in [3.05, 3.63) is 28.8 Å². The van der Waals surface area contributed by atoms with Crippen LogP contribution in [0.15, 0.2) is 18.2 Å². The Balaban J connectivity index is 2.24. The molecule has 3 nitrogen and oxygen atoms in total. The molecule has 1 aromatic rings. The van der Waals surface area contributed by atoms with Crippen molar-refractivity contribution < 1.29 is 4.79 Å². The first-order valence-electron chi connectivity index (χ1n) is 4.98. The third-order valence-corrected chi connectivity index (χ3v) is 3.04. The van der Waals surface area contributed by atoms with Crippen molar-refractivity contribution >= 4 is 23.2 Å². The molecule has 3 N–H and O–H groups in total. The molecular formula is C11H13ClN2O. The van der Waals surface area contributed by atoms with Crippen LogP contribution in [0.1, 0.15) is 24.3 Å². The largest absolute Gasteiger partial charge is 0.399 e. The first kappa shape index (κ1) is 10.3. The summed E-state index contributed by atoms with van der Waals surface area (Å²) in [6.45, 7) is 0.726. The number of nitrogen functional groups attached to an aromatic ring is 1. The van der Waals surface area contributed by atoms with E-state index >= 15 is 0 Å². The highest BCUT2D eigenvalue weighted by Crippen LogP contribution is 2.32. The zero-order valence-electron chi connectivity index (χ0n) is 8.29. The number of nitrogens with one attached hydrogen (secondary N) is 1. The van der Waals surface area contributed by atoms with Crippen molar-refractivity contribution in [2.75, 3.05) is 12.3 Å². The van der Waals surface area contributed by atoms with Crippen molar-refractivity contribution in [3.8, 4) is 0 Å². The Morgan fingerprint density at radius 3 is 2.93 bits per heavy atom. The van der Waals surface area contributed by atoms with Crippen molar-refractivity contribution in [2.45, 2.75) is 18.8 Å². The number of carbonyl (C=O) groups excluding carboxylic acids is 1. The van der Waals surface area contributed by atoms with Crippen molar-refractivity contribution in [1.82, 2.24) is 5.32 Å². The summed E-state index contributed by atoms with van der Waals surface area (Å²) in [6.07, 6.45) is 1.46. The summed E-state index contributed by atoms with van der Waals surface area (Å²) in [4.78, 5) is 11.2. The molecule has 15 heavy (non-hydrogen) atoms. The van der Waals surface area contributed by atoms with E-state index in [0.29, 0.717) is 17.1 Å². The van der Waals surface area contributed by atoms with E-state index in [1.54, 1.807) is 6.07 Å². The van der Waals surface area contributed by atoms with Gasteiger partial charge in [0.1, 0.15) is 0 Å². The second-order valence-electron chi connectivity index (χ2n) is 3.82. The van der Waals surface area contributed by atoms with E-state index < -0.39 is 0 Å². The van der Waals surface area contributed by atoms with Crippen LogP contribution in [0.5, 0.6) is 0 Å². The third kappa shape index (κ3) is 2.23. The van der Waals surface area contributed by atoms with Gasteiger partial charge in [0.2, 0.25) is 5.91 Å². The van der Waals surface area contributed by atoms with Crippen molar-refractivity contribution in [2.24, 2.45) is 0 Å². The van der Waals surface area contributed by atoms with Crippen LogP contribution in [0.25, 0.3) is 0 Å². The molecule has 1 heterocycles. The van der Waals surface area contributed by atoms with Gasteiger partial charge in [-0.2, -0.15) is 0 Å². The van der Waals surface area contributed by atoms with E-state index in [1.807, 2.05) is 12.1 Å². The first-order chi connectivity index (χ1) is 7.16. The summed E-state index contributed by atoms with van der Waals surface area (Å²) >= 11 is 6.10. The second-order valence-corrected chi connectivity index (χ2v) is 4.23. The van der Waals surface area contributed by atoms with Gasteiger partial charge in [-0.1, -0.05) is 17.7 Å². The topological polar surface area (TPSA) is 55.1 Å². The lowest BCUT2D eigenvalue weighted by Gasteiger charge is -2.23. The number of piperidine rings is 1. The van der Waals surface area contributed by atoms with E-state index in [1.165, 1.54) is 0 Å². The lowest BCUT2D eigenvalue weighted by molar-refractivity contribution is -0.122. The van der Waals surface area contributed by atoms with Gasteiger partial charge in [-0.25, -0.2) is 0 Å². The van der Waals surface area contributed by atoms with Gasteiger partial charge < -0.3 is 11.1 Å². The number of benzene rings is 1. The molecule has 1 aliphatic rings. The normalized spacial score (nSPS) is 21.1. The number of amides is 1. The van der Waals surface area contributed by atoms with Gasteiger partial charge in [0.25, 0.3) is 0 Å². The van der Waals surface area contributed by atoms with Gasteiger partial charge in [0.15, 0.2) is 0 Å². The van der Waals surface area contributed by atoms with Gasteiger partial charge in [0, 0.05) is 23.7 Å². The predicted molar refractivity (Wildman–Crippen MR) is 60.8 cm³/mol. The van der Waals surface area contributed by atoms with Crippen LogP contribution < -0.4 is 11.1 Å². The molecule has 2 rings (SSSR count). The van der Waals surface area contributed by atoms with E-state index in [0.717, 1.165) is 18.5 Å². The number of rotatable bonds is 1. The molecule has 1 atom stereocenters. The summed E-state index contributed by atoms with van der Waals surface area (Å²) < 4.78 is 0. The van der Waals surface area contributed by atoms with E-state index in [-0.39, 0.29) is 11.8 Å². The summed E-state index contributed by atoms with van der Waals surface area (Å²) in [6, 6.07) is 5.48. The van der Waals surface area contributed by atoms with Gasteiger partial charge >= 0.3 is 0 Å². The lowest BCUT2D eigenvalue weighted by Crippen LogP contribution is -2.32. The quantitative estimate of drug-likeness (QED) is 0.716. The molecule has 0 unspecified atom stereocenters. The Labute approximate surface area is 93.6 Å². The minimum atomic E-state index is 0.0964. The Kier molecular flexibility index (Phi) is 2.82. The van der Waals surface area contributed by atoms with Crippen LogP contribution in [0.3, 0.4) is 0 Å². The number of nitrogens with two attached hydrogens (primary N) is 1. The van der Waals surface area contributed by atoms with Gasteiger partial charge in [-0.15, -0.1) is 0 Å². The number of hydrogen-bond donors (Lipinski definition) is 2. The van der Waals surface area contributed by atoms with Crippen LogP contribution >= 0.6 is 11.6 Å². The number of carbonyl (C=O) groups is 1. The highest BCUT2D eigenvalue weighted by molar-refractivity contribution is 6.31. The molecule has 0 aliphatic carbocycles. The monoisotopic (exact) mass is 224 g/mol. The van der Waals surface area contributed by atoms with Gasteiger partial charge in [-0.05, 0) is 30.0 Å². The molecule has 1 aliphatic heterocycles. The number of hydrogen-bond acceptors (Lipinski definition) is 2. The van der Waals surface area contributed by atoms with Crippen LogP contribution in [0.4, 0.5) is 5.69 Å². The van der Waals surface area contributed by atoms with E-state index in [9.17, 15) is 4.79 Å². The minimum absolute atomic E-state index is 0.0964. The fourth-order valence-corrected chi connectivity index (χ4v) is 2.27. The van der Waals surface area contributed by atoms with Crippen molar-refractivity contribution in [3.63, 3.8) is 0 Å². The molecule has 0 radical (unpaired) electrons. The zero-order chi connectivity index (χ0) is 10.8. The summed E-state index contributed by atoms with van der Waals surface area (Å²) in [7, 11) is 0. The average molecular weight is 225 g/mol. The van der Waals surface area contributed by atoms with Gasteiger partial charge in [-0.3, -0.25) is 4.79 Å². The maximum absolute atomic E-state index is 11.2. The highest BCUT2D eigenvalue weighted by Gasteiger charge is 2.22. The van der Waals surface area contributed by atoms with Crippen LogP contribution in [0, 0.1) is 0 Å². The summed E-state index contributed by atoms with van der Waals surface area (Å²) in [5, 5.41) is 3.47.